The zero-order chi connectivity index (χ0) is 17.7. The standard InChI is InChI=1S/C18H22N4O2/c1-12-14(8-17(10-20)22(12)2)7-15(9-19)18(24)21-16-5-3-13(11-23)4-6-16/h7-8,13,16,23H,3-6,11H2,1-2H3,(H,21,24)/b15-7-. The van der Waals surface area contributed by atoms with Crippen LogP contribution in [0.25, 0.3) is 6.08 Å². The molecule has 0 aliphatic heterocycles. The smallest absolute Gasteiger partial charge is 0.262 e. The fourth-order valence-electron chi connectivity index (χ4n) is 3.03. The largest absolute Gasteiger partial charge is 0.396 e. The van der Waals surface area contributed by atoms with Crippen molar-refractivity contribution < 1.29 is 9.90 Å². The lowest BCUT2D eigenvalue weighted by atomic mass is 9.86. The molecule has 1 aliphatic rings. The summed E-state index contributed by atoms with van der Waals surface area (Å²) in [5.74, 6) is -0.0628. The molecule has 0 atom stereocenters. The molecule has 1 aromatic rings. The van der Waals surface area contributed by atoms with Crippen molar-refractivity contribution in [1.82, 2.24) is 9.88 Å². The molecule has 0 spiro atoms. The second kappa shape index (κ2) is 7.81. The van der Waals surface area contributed by atoms with Crippen LogP contribution in [0.3, 0.4) is 0 Å². The van der Waals surface area contributed by atoms with Crippen LogP contribution in [0.5, 0.6) is 0 Å². The van der Waals surface area contributed by atoms with E-state index in [-0.39, 0.29) is 24.1 Å². The number of hydrogen-bond acceptors (Lipinski definition) is 4. The van der Waals surface area contributed by atoms with E-state index in [1.807, 2.05) is 13.0 Å². The van der Waals surface area contributed by atoms with Crippen molar-refractivity contribution in [2.45, 2.75) is 38.6 Å². The van der Waals surface area contributed by atoms with E-state index in [9.17, 15) is 10.1 Å². The number of nitriles is 2. The molecule has 0 bridgehead atoms. The molecule has 1 fully saturated rings. The Morgan fingerprint density at radius 1 is 1.42 bits per heavy atom. The first-order valence-corrected chi connectivity index (χ1v) is 8.10. The molecule has 0 saturated heterocycles. The van der Waals surface area contributed by atoms with Gasteiger partial charge in [-0.2, -0.15) is 10.5 Å². The third kappa shape index (κ3) is 3.84. The minimum atomic E-state index is -0.383. The number of nitrogens with zero attached hydrogens (tertiary/aromatic N) is 3. The quantitative estimate of drug-likeness (QED) is 0.650. The first kappa shape index (κ1) is 17.8. The Kier molecular flexibility index (Phi) is 5.78. The van der Waals surface area contributed by atoms with Crippen molar-refractivity contribution in [1.29, 1.82) is 10.5 Å². The molecule has 2 rings (SSSR count). The summed E-state index contributed by atoms with van der Waals surface area (Å²) in [6.45, 7) is 2.04. The van der Waals surface area contributed by atoms with Crippen LogP contribution in [0.4, 0.5) is 0 Å². The third-order valence-electron chi connectivity index (χ3n) is 4.79. The normalized spacial score (nSPS) is 21.0. The molecule has 0 unspecified atom stereocenters. The topological polar surface area (TPSA) is 102 Å². The van der Waals surface area contributed by atoms with Crippen molar-refractivity contribution >= 4 is 12.0 Å². The van der Waals surface area contributed by atoms with Gasteiger partial charge >= 0.3 is 0 Å². The number of rotatable bonds is 4. The fraction of sp³-hybridized carbons (Fsp3) is 0.500. The van der Waals surface area contributed by atoms with Crippen LogP contribution in [0.1, 0.15) is 42.6 Å². The van der Waals surface area contributed by atoms with E-state index >= 15 is 0 Å². The van der Waals surface area contributed by atoms with E-state index in [0.29, 0.717) is 17.2 Å². The number of aliphatic hydroxyl groups excluding tert-OH is 1. The number of hydrogen-bond donors (Lipinski definition) is 2. The Morgan fingerprint density at radius 3 is 2.58 bits per heavy atom. The second-order valence-electron chi connectivity index (χ2n) is 6.28. The summed E-state index contributed by atoms with van der Waals surface area (Å²) < 4.78 is 1.73. The van der Waals surface area contributed by atoms with Crippen LogP contribution >= 0.6 is 0 Å². The molecular formula is C18H22N4O2. The highest BCUT2D eigenvalue weighted by Gasteiger charge is 2.23. The third-order valence-corrected chi connectivity index (χ3v) is 4.79. The average Bonchev–Trinajstić information content (AvgIpc) is 2.87. The summed E-state index contributed by atoms with van der Waals surface area (Å²) in [7, 11) is 1.77. The van der Waals surface area contributed by atoms with Crippen molar-refractivity contribution in [2.24, 2.45) is 13.0 Å². The first-order valence-electron chi connectivity index (χ1n) is 8.10. The Labute approximate surface area is 142 Å². The van der Waals surface area contributed by atoms with Gasteiger partial charge in [0.2, 0.25) is 0 Å². The molecule has 126 valence electrons. The van der Waals surface area contributed by atoms with E-state index < -0.39 is 0 Å². The number of amides is 1. The first-order chi connectivity index (χ1) is 11.5. The predicted molar refractivity (Wildman–Crippen MR) is 89.4 cm³/mol. The number of aliphatic hydroxyl groups is 1. The Balaban J connectivity index is 2.10. The van der Waals surface area contributed by atoms with Gasteiger partial charge in [0.25, 0.3) is 5.91 Å². The molecule has 6 nitrogen and oxygen atoms in total. The number of nitrogens with one attached hydrogen (secondary N) is 1. The highest BCUT2D eigenvalue weighted by Crippen LogP contribution is 2.24. The number of carbonyl (C=O) groups is 1. The fourth-order valence-corrected chi connectivity index (χ4v) is 3.03. The van der Waals surface area contributed by atoms with Gasteiger partial charge in [0.1, 0.15) is 23.4 Å². The van der Waals surface area contributed by atoms with E-state index in [1.165, 1.54) is 6.08 Å². The Hall–Kier alpha value is -2.57. The highest BCUT2D eigenvalue weighted by molar-refractivity contribution is 6.02. The zero-order valence-corrected chi connectivity index (χ0v) is 14.0. The molecule has 1 heterocycles. The lowest BCUT2D eigenvalue weighted by Gasteiger charge is -2.27. The van der Waals surface area contributed by atoms with Crippen LogP contribution in [-0.2, 0) is 11.8 Å². The van der Waals surface area contributed by atoms with Gasteiger partial charge in [-0.1, -0.05) is 0 Å². The van der Waals surface area contributed by atoms with E-state index in [4.69, 9.17) is 10.4 Å². The van der Waals surface area contributed by atoms with Crippen molar-refractivity contribution in [3.63, 3.8) is 0 Å². The molecular weight excluding hydrogens is 304 g/mol. The van der Waals surface area contributed by atoms with Crippen LogP contribution < -0.4 is 5.32 Å². The maximum atomic E-state index is 12.3. The minimum absolute atomic E-state index is 0.0393. The molecule has 1 amide bonds. The summed E-state index contributed by atoms with van der Waals surface area (Å²) in [5.41, 5.74) is 2.05. The van der Waals surface area contributed by atoms with Gasteiger partial charge < -0.3 is 15.0 Å². The molecule has 24 heavy (non-hydrogen) atoms. The lowest BCUT2D eigenvalue weighted by Crippen LogP contribution is -2.38. The van der Waals surface area contributed by atoms with Gasteiger partial charge in [-0.25, -0.2) is 0 Å². The van der Waals surface area contributed by atoms with Crippen LogP contribution in [0.2, 0.25) is 0 Å². The Bertz CT molecular complexity index is 725. The van der Waals surface area contributed by atoms with Crippen molar-refractivity contribution in [3.05, 3.63) is 28.6 Å². The summed E-state index contributed by atoms with van der Waals surface area (Å²) in [4.78, 5) is 12.3. The molecule has 2 N–H and O–H groups in total. The molecule has 1 aliphatic carbocycles. The number of carbonyl (C=O) groups excluding carboxylic acids is 1. The second-order valence-corrected chi connectivity index (χ2v) is 6.28. The predicted octanol–water partition coefficient (Wildman–Crippen LogP) is 1.78. The molecule has 1 aromatic heterocycles. The summed E-state index contributed by atoms with van der Waals surface area (Å²) in [6.07, 6.45) is 4.94. The van der Waals surface area contributed by atoms with E-state index in [1.54, 1.807) is 17.7 Å². The minimum Gasteiger partial charge on any atom is -0.396 e. The van der Waals surface area contributed by atoms with Gasteiger partial charge in [-0.05, 0) is 56.2 Å². The zero-order valence-electron chi connectivity index (χ0n) is 14.0. The van der Waals surface area contributed by atoms with Crippen molar-refractivity contribution in [2.75, 3.05) is 6.61 Å². The lowest BCUT2D eigenvalue weighted by molar-refractivity contribution is -0.118. The van der Waals surface area contributed by atoms with E-state index in [2.05, 4.69) is 11.4 Å². The highest BCUT2D eigenvalue weighted by atomic mass is 16.3. The average molecular weight is 326 g/mol. The van der Waals surface area contributed by atoms with Crippen LogP contribution in [0.15, 0.2) is 11.6 Å². The summed E-state index contributed by atoms with van der Waals surface area (Å²) in [6, 6.07) is 5.75. The number of aromatic nitrogens is 1. The molecule has 6 heteroatoms. The van der Waals surface area contributed by atoms with Gasteiger partial charge in [0.15, 0.2) is 0 Å². The SMILES string of the molecule is Cc1c(/C=C(/C#N)C(=O)NC2CCC(CO)CC2)cc(C#N)n1C. The molecule has 0 aromatic carbocycles. The molecule has 0 radical (unpaired) electrons. The maximum absolute atomic E-state index is 12.3. The van der Waals surface area contributed by atoms with Gasteiger partial charge in [-0.15, -0.1) is 0 Å². The van der Waals surface area contributed by atoms with Gasteiger partial charge in [0, 0.05) is 25.4 Å². The van der Waals surface area contributed by atoms with Crippen LogP contribution in [0, 0.1) is 35.5 Å². The van der Waals surface area contributed by atoms with E-state index in [0.717, 1.165) is 31.4 Å². The summed E-state index contributed by atoms with van der Waals surface area (Å²) >= 11 is 0. The van der Waals surface area contributed by atoms with Gasteiger partial charge in [-0.3, -0.25) is 4.79 Å². The Morgan fingerprint density at radius 2 is 2.08 bits per heavy atom. The van der Waals surface area contributed by atoms with Crippen molar-refractivity contribution in [3.8, 4) is 12.1 Å². The monoisotopic (exact) mass is 326 g/mol. The van der Waals surface area contributed by atoms with Crippen LogP contribution in [-0.4, -0.2) is 28.2 Å². The summed E-state index contributed by atoms with van der Waals surface area (Å²) in [5, 5.41) is 30.4. The molecule has 1 saturated carbocycles. The van der Waals surface area contributed by atoms with Gasteiger partial charge in [0.05, 0.1) is 0 Å². The maximum Gasteiger partial charge on any atom is 0.262 e.